The van der Waals surface area contributed by atoms with Crippen LogP contribution in [0, 0.1) is 0 Å². The number of carbonyl (C=O) groups is 1. The summed E-state index contributed by atoms with van der Waals surface area (Å²) >= 11 is 0. The first-order valence-electron chi connectivity index (χ1n) is 7.29. The van der Waals surface area contributed by atoms with Gasteiger partial charge in [-0.25, -0.2) is 10.1 Å². The van der Waals surface area contributed by atoms with Crippen LogP contribution in [0.15, 0.2) is 58.7 Å². The van der Waals surface area contributed by atoms with Crippen molar-refractivity contribution < 1.29 is 4.79 Å². The molecule has 0 aliphatic carbocycles. The molecule has 1 N–H and O–H groups in total. The summed E-state index contributed by atoms with van der Waals surface area (Å²) in [6.07, 6.45) is 3.30. The third kappa shape index (κ3) is 2.91. The Morgan fingerprint density at radius 2 is 1.79 bits per heavy atom. The van der Waals surface area contributed by atoms with Gasteiger partial charge in [0.05, 0.1) is 11.1 Å². The molecule has 0 saturated carbocycles. The van der Waals surface area contributed by atoms with Crippen molar-refractivity contribution in [3.8, 4) is 0 Å². The molecular weight excluding hydrogens is 306 g/mol. The van der Waals surface area contributed by atoms with Crippen molar-refractivity contribution in [1.29, 1.82) is 0 Å². The number of carbonyl (C=O) groups excluding carboxylic acids is 1. The summed E-state index contributed by atoms with van der Waals surface area (Å²) in [4.78, 5) is 28.5. The molecule has 0 aliphatic rings. The van der Waals surface area contributed by atoms with Gasteiger partial charge >= 0.3 is 0 Å². The quantitative estimate of drug-likeness (QED) is 0.584. The number of aryl methyl sites for hydroxylation is 1. The van der Waals surface area contributed by atoms with Crippen LogP contribution in [-0.4, -0.2) is 26.4 Å². The number of rotatable bonds is 3. The lowest BCUT2D eigenvalue weighted by Crippen LogP contribution is -2.27. The largest absolute Gasteiger partial charge is 0.292 e. The molecule has 2 aromatic heterocycles. The topological polar surface area (TPSA) is 89.2 Å². The molecule has 2 heterocycles. The number of hydrogen-bond donors (Lipinski definition) is 1. The van der Waals surface area contributed by atoms with Crippen LogP contribution in [0.4, 0.5) is 0 Å². The maximum absolute atomic E-state index is 12.4. The van der Waals surface area contributed by atoms with E-state index in [1.54, 1.807) is 55.7 Å². The van der Waals surface area contributed by atoms with Gasteiger partial charge in [-0.1, -0.05) is 18.2 Å². The van der Waals surface area contributed by atoms with Crippen LogP contribution >= 0.6 is 0 Å². The van der Waals surface area contributed by atoms with Gasteiger partial charge < -0.3 is 0 Å². The van der Waals surface area contributed by atoms with Crippen LogP contribution in [0.5, 0.6) is 0 Å². The van der Waals surface area contributed by atoms with E-state index in [-0.39, 0.29) is 11.3 Å². The molecule has 0 unspecified atom stereocenters. The number of nitrogens with zero attached hydrogens (tertiary/aromatic N) is 4. The minimum Gasteiger partial charge on any atom is -0.267 e. The zero-order valence-corrected chi connectivity index (χ0v) is 13.2. The van der Waals surface area contributed by atoms with E-state index in [1.165, 1.54) is 7.05 Å². The first kappa shape index (κ1) is 15.5. The Kier molecular flexibility index (Phi) is 4.15. The number of aromatic nitrogens is 3. The first-order chi connectivity index (χ1) is 11.6. The molecule has 0 aliphatic heterocycles. The average molecular weight is 321 g/mol. The first-order valence-corrected chi connectivity index (χ1v) is 7.29. The van der Waals surface area contributed by atoms with Crippen LogP contribution in [0.1, 0.15) is 23.0 Å². The van der Waals surface area contributed by atoms with Crippen molar-refractivity contribution in [3.63, 3.8) is 0 Å². The van der Waals surface area contributed by atoms with Crippen LogP contribution in [-0.2, 0) is 7.05 Å². The Morgan fingerprint density at radius 1 is 1.12 bits per heavy atom. The summed E-state index contributed by atoms with van der Waals surface area (Å²) in [7, 11) is 1.51. The van der Waals surface area contributed by atoms with Crippen LogP contribution in [0.2, 0.25) is 0 Å². The van der Waals surface area contributed by atoms with Crippen LogP contribution < -0.4 is 11.0 Å². The molecule has 0 radical (unpaired) electrons. The number of benzene rings is 1. The summed E-state index contributed by atoms with van der Waals surface area (Å²) in [6, 6.07) is 10.5. The van der Waals surface area contributed by atoms with Crippen molar-refractivity contribution >= 4 is 22.4 Å². The third-order valence-corrected chi connectivity index (χ3v) is 3.59. The Labute approximate surface area is 137 Å². The molecule has 7 heteroatoms. The van der Waals surface area contributed by atoms with Gasteiger partial charge in [0.1, 0.15) is 0 Å². The second kappa shape index (κ2) is 6.41. The van der Waals surface area contributed by atoms with Gasteiger partial charge in [-0.05, 0) is 25.1 Å². The maximum atomic E-state index is 12.4. The van der Waals surface area contributed by atoms with Gasteiger partial charge in [-0.2, -0.15) is 10.2 Å². The van der Waals surface area contributed by atoms with Crippen molar-refractivity contribution in [1.82, 2.24) is 20.2 Å². The van der Waals surface area contributed by atoms with Crippen molar-refractivity contribution in [2.24, 2.45) is 12.1 Å². The van der Waals surface area contributed by atoms with E-state index < -0.39 is 5.91 Å². The molecule has 120 valence electrons. The summed E-state index contributed by atoms with van der Waals surface area (Å²) in [5, 5.41) is 9.09. The Balaban J connectivity index is 1.95. The second-order valence-electron chi connectivity index (χ2n) is 5.20. The van der Waals surface area contributed by atoms with Gasteiger partial charge in [-0.3, -0.25) is 14.6 Å². The number of hydrazone groups is 1. The molecule has 1 amide bonds. The van der Waals surface area contributed by atoms with Crippen molar-refractivity contribution in [3.05, 3.63) is 70.4 Å². The molecule has 1 aromatic carbocycles. The highest BCUT2D eigenvalue weighted by atomic mass is 16.2. The molecule has 24 heavy (non-hydrogen) atoms. The molecule has 0 saturated heterocycles. The average Bonchev–Trinajstić information content (AvgIpc) is 2.63. The number of amides is 1. The fourth-order valence-corrected chi connectivity index (χ4v) is 2.31. The standard InChI is InChI=1S/C17H15N5O2/c1-11(12-7-9-18-10-8-12)19-20-16(23)15-13-5-3-4-6-14(13)17(24)22(2)21-15/h3-10H,1-2H3,(H,20,23)/b19-11+. The fourth-order valence-electron chi connectivity index (χ4n) is 2.31. The summed E-state index contributed by atoms with van der Waals surface area (Å²) < 4.78 is 1.15. The minimum absolute atomic E-state index is 0.152. The van der Waals surface area contributed by atoms with Crippen molar-refractivity contribution in [2.45, 2.75) is 6.92 Å². The normalized spacial score (nSPS) is 11.5. The lowest BCUT2D eigenvalue weighted by molar-refractivity contribution is 0.0949. The van der Waals surface area contributed by atoms with Gasteiger partial charge in [0, 0.05) is 30.4 Å². The molecule has 0 fully saturated rings. The highest BCUT2D eigenvalue weighted by Crippen LogP contribution is 2.12. The lowest BCUT2D eigenvalue weighted by atomic mass is 10.1. The van der Waals surface area contributed by atoms with Gasteiger partial charge in [0.15, 0.2) is 5.69 Å². The molecule has 3 aromatic rings. The SMILES string of the molecule is C/C(=N\NC(=O)c1nn(C)c(=O)c2ccccc12)c1ccncc1. The van der Waals surface area contributed by atoms with E-state index >= 15 is 0 Å². The predicted molar refractivity (Wildman–Crippen MR) is 90.9 cm³/mol. The number of pyridine rings is 1. The van der Waals surface area contributed by atoms with Gasteiger partial charge in [-0.15, -0.1) is 0 Å². The predicted octanol–water partition coefficient (Wildman–Crippen LogP) is 1.48. The highest BCUT2D eigenvalue weighted by molar-refractivity contribution is 6.06. The van der Waals surface area contributed by atoms with Gasteiger partial charge in [0.25, 0.3) is 11.5 Å². The minimum atomic E-state index is -0.477. The Morgan fingerprint density at radius 3 is 2.50 bits per heavy atom. The van der Waals surface area contributed by atoms with E-state index in [1.807, 2.05) is 0 Å². The molecule has 0 bridgehead atoms. The maximum Gasteiger partial charge on any atom is 0.292 e. The molecule has 7 nitrogen and oxygen atoms in total. The number of fused-ring (bicyclic) bond motifs is 1. The summed E-state index contributed by atoms with van der Waals surface area (Å²) in [6.45, 7) is 1.78. The Bertz CT molecular complexity index is 993. The molecule has 3 rings (SSSR count). The van der Waals surface area contributed by atoms with Crippen LogP contribution in [0.3, 0.4) is 0 Å². The van der Waals surface area contributed by atoms with Crippen molar-refractivity contribution in [2.75, 3.05) is 0 Å². The van der Waals surface area contributed by atoms with E-state index in [0.717, 1.165) is 10.2 Å². The summed E-state index contributed by atoms with van der Waals surface area (Å²) in [5.74, 6) is -0.477. The number of nitrogens with one attached hydrogen (secondary N) is 1. The van der Waals surface area contributed by atoms with E-state index in [2.05, 4.69) is 20.6 Å². The second-order valence-corrected chi connectivity index (χ2v) is 5.20. The lowest BCUT2D eigenvalue weighted by Gasteiger charge is -2.07. The third-order valence-electron chi connectivity index (χ3n) is 3.59. The van der Waals surface area contributed by atoms with E-state index in [4.69, 9.17) is 0 Å². The molecule has 0 atom stereocenters. The highest BCUT2D eigenvalue weighted by Gasteiger charge is 2.15. The fraction of sp³-hybridized carbons (Fsp3) is 0.118. The smallest absolute Gasteiger partial charge is 0.267 e. The zero-order chi connectivity index (χ0) is 17.1. The van der Waals surface area contributed by atoms with Gasteiger partial charge in [0.2, 0.25) is 0 Å². The zero-order valence-electron chi connectivity index (χ0n) is 13.2. The number of hydrogen-bond acceptors (Lipinski definition) is 5. The van der Waals surface area contributed by atoms with E-state index in [9.17, 15) is 9.59 Å². The molecular formula is C17H15N5O2. The van der Waals surface area contributed by atoms with E-state index in [0.29, 0.717) is 16.5 Å². The van der Waals surface area contributed by atoms with Crippen LogP contribution in [0.25, 0.3) is 10.8 Å². The summed E-state index contributed by atoms with van der Waals surface area (Å²) in [5.41, 5.74) is 3.88. The monoisotopic (exact) mass is 321 g/mol. The molecule has 0 spiro atoms. The Hall–Kier alpha value is -3.35.